The molecule has 0 nitrogen and oxygen atoms in total. The number of benzene rings is 2. The van der Waals surface area contributed by atoms with Gasteiger partial charge in [0.25, 0.3) is 0 Å². The molecular weight excluding hydrogens is 216 g/mol. The molecule has 0 saturated carbocycles. The van der Waals surface area contributed by atoms with Crippen LogP contribution in [-0.4, -0.2) is 0 Å². The number of halogens is 1. The highest BCUT2D eigenvalue weighted by Gasteiger charge is 1.82. The molecule has 0 amide bonds. The molecule has 0 spiro atoms. The van der Waals surface area contributed by atoms with Gasteiger partial charge in [-0.2, -0.15) is 0 Å². The maximum absolute atomic E-state index is 5.61. The third-order valence-electron chi connectivity index (χ3n) is 2.23. The lowest BCUT2D eigenvalue weighted by Crippen LogP contribution is -1.70. The minimum Gasteiger partial charge on any atom is -0.0843 e. The number of aryl methyl sites for hydroxylation is 3. The third-order valence-corrected chi connectivity index (χ3v) is 2.48. The Kier molecular flexibility index (Phi) is 5.07. The van der Waals surface area contributed by atoms with Gasteiger partial charge >= 0.3 is 0 Å². The molecule has 0 atom stereocenters. The first-order valence-corrected chi connectivity index (χ1v) is 5.71. The van der Waals surface area contributed by atoms with Gasteiger partial charge in [-0.1, -0.05) is 64.7 Å². The molecule has 16 heavy (non-hydrogen) atoms. The number of rotatable bonds is 0. The second-order valence-corrected chi connectivity index (χ2v) is 4.39. The lowest BCUT2D eigenvalue weighted by molar-refractivity contribution is 1.40. The van der Waals surface area contributed by atoms with E-state index < -0.39 is 0 Å². The van der Waals surface area contributed by atoms with Gasteiger partial charge in [0.05, 0.1) is 0 Å². The zero-order valence-electron chi connectivity index (χ0n) is 10.00. The van der Waals surface area contributed by atoms with Crippen LogP contribution in [0, 0.1) is 20.8 Å². The first-order valence-electron chi connectivity index (χ1n) is 5.33. The Hall–Kier alpha value is -1.27. The predicted octanol–water partition coefficient (Wildman–Crippen LogP) is 4.95. The summed E-state index contributed by atoms with van der Waals surface area (Å²) < 4.78 is 0. The van der Waals surface area contributed by atoms with Gasteiger partial charge < -0.3 is 0 Å². The highest BCUT2D eigenvalue weighted by molar-refractivity contribution is 6.30. The molecule has 0 saturated heterocycles. The van der Waals surface area contributed by atoms with Crippen LogP contribution in [0.3, 0.4) is 0 Å². The summed E-state index contributed by atoms with van der Waals surface area (Å²) in [6.07, 6.45) is 0. The van der Waals surface area contributed by atoms with Crippen LogP contribution in [0.4, 0.5) is 0 Å². The molecule has 0 N–H and O–H groups in total. The minimum absolute atomic E-state index is 0.801. The van der Waals surface area contributed by atoms with E-state index in [-0.39, 0.29) is 0 Å². The van der Waals surface area contributed by atoms with Crippen molar-refractivity contribution in [1.82, 2.24) is 0 Å². The number of hydrogen-bond acceptors (Lipinski definition) is 0. The van der Waals surface area contributed by atoms with Crippen LogP contribution in [-0.2, 0) is 0 Å². The summed E-state index contributed by atoms with van der Waals surface area (Å²) in [5.41, 5.74) is 3.90. The van der Waals surface area contributed by atoms with E-state index in [1.54, 1.807) is 0 Å². The zero-order chi connectivity index (χ0) is 12.0. The highest BCUT2D eigenvalue weighted by Crippen LogP contribution is 2.07. The molecule has 84 valence electrons. The van der Waals surface area contributed by atoms with Crippen LogP contribution in [0.25, 0.3) is 0 Å². The van der Waals surface area contributed by atoms with Crippen molar-refractivity contribution in [3.8, 4) is 0 Å². The van der Waals surface area contributed by atoms with Gasteiger partial charge in [0.1, 0.15) is 0 Å². The summed E-state index contributed by atoms with van der Waals surface area (Å²) in [5.74, 6) is 0. The maximum atomic E-state index is 5.61. The normalized spacial score (nSPS) is 9.25. The molecule has 0 aromatic heterocycles. The summed E-state index contributed by atoms with van der Waals surface area (Å²) in [7, 11) is 0. The van der Waals surface area contributed by atoms with Crippen LogP contribution < -0.4 is 0 Å². The van der Waals surface area contributed by atoms with Crippen molar-refractivity contribution < 1.29 is 0 Å². The SMILES string of the molecule is Cc1ccc(C)cc1.Cc1ccc(Cl)cc1. The molecular formula is C15H17Cl. The standard InChI is InChI=1S/C8H10.C7H7Cl/c1-7-3-5-8(2)6-4-7;1-6-2-4-7(8)5-3-6/h3-6H,1-2H3;2-5H,1H3. The van der Waals surface area contributed by atoms with E-state index in [9.17, 15) is 0 Å². The molecule has 2 aromatic rings. The van der Waals surface area contributed by atoms with E-state index >= 15 is 0 Å². The van der Waals surface area contributed by atoms with Crippen LogP contribution in [0.1, 0.15) is 16.7 Å². The van der Waals surface area contributed by atoms with E-state index in [0.717, 1.165) is 5.02 Å². The first-order chi connectivity index (χ1) is 7.58. The summed E-state index contributed by atoms with van der Waals surface area (Å²) in [5, 5.41) is 0.801. The lowest BCUT2D eigenvalue weighted by Gasteiger charge is -1.90. The molecule has 0 radical (unpaired) electrons. The van der Waals surface area contributed by atoms with Gasteiger partial charge in [-0.05, 0) is 32.9 Å². The summed E-state index contributed by atoms with van der Waals surface area (Å²) in [6.45, 7) is 6.23. The van der Waals surface area contributed by atoms with Crippen LogP contribution in [0.2, 0.25) is 5.02 Å². The Morgan fingerprint density at radius 2 is 0.812 bits per heavy atom. The molecule has 2 rings (SSSR count). The molecule has 0 aliphatic carbocycles. The van der Waals surface area contributed by atoms with Gasteiger partial charge in [0.2, 0.25) is 0 Å². The molecule has 0 aliphatic rings. The predicted molar refractivity (Wildman–Crippen MR) is 72.1 cm³/mol. The lowest BCUT2D eigenvalue weighted by atomic mass is 10.2. The van der Waals surface area contributed by atoms with Gasteiger partial charge in [0, 0.05) is 5.02 Å². The van der Waals surface area contributed by atoms with Gasteiger partial charge in [-0.25, -0.2) is 0 Å². The molecule has 0 heterocycles. The van der Waals surface area contributed by atoms with Crippen LogP contribution >= 0.6 is 11.6 Å². The molecule has 0 unspecified atom stereocenters. The Labute approximate surface area is 103 Å². The van der Waals surface area contributed by atoms with Crippen LogP contribution in [0.15, 0.2) is 48.5 Å². The summed E-state index contributed by atoms with van der Waals surface area (Å²) in [4.78, 5) is 0. The van der Waals surface area contributed by atoms with Crippen molar-refractivity contribution in [3.63, 3.8) is 0 Å². The smallest absolute Gasteiger partial charge is 0.0406 e. The van der Waals surface area contributed by atoms with Gasteiger partial charge in [0.15, 0.2) is 0 Å². The summed E-state index contributed by atoms with van der Waals surface area (Å²) in [6, 6.07) is 16.2. The Morgan fingerprint density at radius 3 is 1.06 bits per heavy atom. The van der Waals surface area contributed by atoms with Crippen molar-refractivity contribution in [2.45, 2.75) is 20.8 Å². The van der Waals surface area contributed by atoms with E-state index in [1.807, 2.05) is 31.2 Å². The number of hydrogen-bond donors (Lipinski definition) is 0. The van der Waals surface area contributed by atoms with Crippen molar-refractivity contribution in [2.24, 2.45) is 0 Å². The van der Waals surface area contributed by atoms with Crippen LogP contribution in [0.5, 0.6) is 0 Å². The van der Waals surface area contributed by atoms with E-state index in [1.165, 1.54) is 16.7 Å². The fourth-order valence-corrected chi connectivity index (χ4v) is 1.30. The monoisotopic (exact) mass is 232 g/mol. The van der Waals surface area contributed by atoms with Crippen molar-refractivity contribution in [3.05, 3.63) is 70.2 Å². The average Bonchev–Trinajstić information content (AvgIpc) is 2.28. The second kappa shape index (κ2) is 6.34. The van der Waals surface area contributed by atoms with Gasteiger partial charge in [-0.15, -0.1) is 0 Å². The van der Waals surface area contributed by atoms with E-state index in [2.05, 4.69) is 38.1 Å². The minimum atomic E-state index is 0.801. The largest absolute Gasteiger partial charge is 0.0843 e. The average molecular weight is 233 g/mol. The molecule has 0 aliphatic heterocycles. The Morgan fingerprint density at radius 1 is 0.562 bits per heavy atom. The second-order valence-electron chi connectivity index (χ2n) is 3.95. The fraction of sp³-hybridized carbons (Fsp3) is 0.200. The molecule has 0 bridgehead atoms. The van der Waals surface area contributed by atoms with E-state index in [4.69, 9.17) is 11.6 Å². The third kappa shape index (κ3) is 4.99. The van der Waals surface area contributed by atoms with Crippen molar-refractivity contribution in [2.75, 3.05) is 0 Å². The fourth-order valence-electron chi connectivity index (χ4n) is 1.17. The molecule has 1 heteroatoms. The maximum Gasteiger partial charge on any atom is 0.0406 e. The highest BCUT2D eigenvalue weighted by atomic mass is 35.5. The quantitative estimate of drug-likeness (QED) is 0.603. The topological polar surface area (TPSA) is 0 Å². The Balaban J connectivity index is 0.000000160. The Bertz CT molecular complexity index is 327. The zero-order valence-corrected chi connectivity index (χ0v) is 10.8. The molecule has 0 fully saturated rings. The molecule has 2 aromatic carbocycles. The van der Waals surface area contributed by atoms with E-state index in [0.29, 0.717) is 0 Å². The van der Waals surface area contributed by atoms with Gasteiger partial charge in [-0.3, -0.25) is 0 Å². The summed E-state index contributed by atoms with van der Waals surface area (Å²) >= 11 is 5.61. The van der Waals surface area contributed by atoms with Crippen molar-refractivity contribution >= 4 is 11.6 Å². The first kappa shape index (κ1) is 12.8. The van der Waals surface area contributed by atoms with Crippen molar-refractivity contribution in [1.29, 1.82) is 0 Å².